The number of rotatable bonds is 4. The van der Waals surface area contributed by atoms with Crippen molar-refractivity contribution >= 4 is 28.5 Å². The number of nitro groups is 1. The molecule has 2 N–H and O–H groups in total. The highest BCUT2D eigenvalue weighted by molar-refractivity contribution is 5.94. The number of nitro benzene ring substituents is 1. The fraction of sp³-hybridized carbons (Fsp3) is 0.231. The molecule has 10 nitrogen and oxygen atoms in total. The van der Waals surface area contributed by atoms with Crippen LogP contribution in [0.25, 0.3) is 10.9 Å². The summed E-state index contributed by atoms with van der Waals surface area (Å²) >= 11 is 0. The summed E-state index contributed by atoms with van der Waals surface area (Å²) in [5, 5.41) is 15.2. The van der Waals surface area contributed by atoms with E-state index in [2.05, 4.69) is 10.3 Å². The lowest BCUT2D eigenvalue weighted by Gasteiger charge is -2.07. The van der Waals surface area contributed by atoms with Gasteiger partial charge >= 0.3 is 6.03 Å². The van der Waals surface area contributed by atoms with Gasteiger partial charge in [-0.2, -0.15) is 0 Å². The number of urea groups is 1. The molecule has 3 amide bonds. The second-order valence-electron chi connectivity index (χ2n) is 4.54. The lowest BCUT2D eigenvalue weighted by Crippen LogP contribution is -2.42. The van der Waals surface area contributed by atoms with Crippen molar-refractivity contribution in [1.29, 1.82) is 0 Å². The Morgan fingerprint density at radius 2 is 2.13 bits per heavy atom. The Hall–Kier alpha value is -3.30. The quantitative estimate of drug-likeness (QED) is 0.608. The fourth-order valence-corrected chi connectivity index (χ4v) is 1.90. The molecule has 1 aromatic carbocycles. The SMILES string of the molecule is CCNC(=O)NC(=O)Cn1cnc2ccc([N+](=O)[O-])cc2c1=O. The highest BCUT2D eigenvalue weighted by Gasteiger charge is 2.13. The van der Waals surface area contributed by atoms with Gasteiger partial charge in [0.15, 0.2) is 0 Å². The Labute approximate surface area is 129 Å². The van der Waals surface area contributed by atoms with Gasteiger partial charge in [0, 0.05) is 18.7 Å². The first-order valence-corrected chi connectivity index (χ1v) is 6.63. The van der Waals surface area contributed by atoms with Crippen molar-refractivity contribution < 1.29 is 14.5 Å². The number of amides is 3. The molecule has 2 aromatic rings. The average Bonchev–Trinajstić information content (AvgIpc) is 2.50. The van der Waals surface area contributed by atoms with Crippen molar-refractivity contribution in [2.75, 3.05) is 6.54 Å². The molecular formula is C13H13N5O5. The summed E-state index contributed by atoms with van der Waals surface area (Å²) in [5.41, 5.74) is -0.577. The van der Waals surface area contributed by atoms with E-state index in [-0.39, 0.29) is 16.6 Å². The Morgan fingerprint density at radius 1 is 1.39 bits per heavy atom. The van der Waals surface area contributed by atoms with Crippen LogP contribution >= 0.6 is 0 Å². The summed E-state index contributed by atoms with van der Waals surface area (Å²) in [6, 6.07) is 3.02. The summed E-state index contributed by atoms with van der Waals surface area (Å²) in [6.07, 6.45) is 1.15. The van der Waals surface area contributed by atoms with Crippen LogP contribution < -0.4 is 16.2 Å². The molecule has 2 rings (SSSR count). The van der Waals surface area contributed by atoms with E-state index >= 15 is 0 Å². The first kappa shape index (κ1) is 16.1. The van der Waals surface area contributed by atoms with E-state index in [4.69, 9.17) is 0 Å². The van der Waals surface area contributed by atoms with E-state index in [1.165, 1.54) is 12.1 Å². The molecule has 10 heteroatoms. The van der Waals surface area contributed by atoms with Gasteiger partial charge in [-0.1, -0.05) is 0 Å². The van der Waals surface area contributed by atoms with Crippen molar-refractivity contribution in [2.24, 2.45) is 0 Å². The number of carbonyl (C=O) groups excluding carboxylic acids is 2. The summed E-state index contributed by atoms with van der Waals surface area (Å²) < 4.78 is 0.973. The molecule has 0 fully saturated rings. The van der Waals surface area contributed by atoms with Crippen LogP contribution in [-0.2, 0) is 11.3 Å². The van der Waals surface area contributed by atoms with Crippen LogP contribution in [0.5, 0.6) is 0 Å². The van der Waals surface area contributed by atoms with Crippen molar-refractivity contribution in [2.45, 2.75) is 13.5 Å². The fourth-order valence-electron chi connectivity index (χ4n) is 1.90. The van der Waals surface area contributed by atoms with Crippen LogP contribution in [0.4, 0.5) is 10.5 Å². The van der Waals surface area contributed by atoms with Crippen molar-refractivity contribution in [1.82, 2.24) is 20.2 Å². The number of benzene rings is 1. The number of carbonyl (C=O) groups is 2. The maximum Gasteiger partial charge on any atom is 0.321 e. The zero-order chi connectivity index (χ0) is 17.0. The molecule has 0 spiro atoms. The smallest absolute Gasteiger partial charge is 0.321 e. The normalized spacial score (nSPS) is 10.3. The minimum absolute atomic E-state index is 0.0208. The maximum absolute atomic E-state index is 12.3. The molecular weight excluding hydrogens is 306 g/mol. The number of non-ortho nitro benzene ring substituents is 1. The second kappa shape index (κ2) is 6.64. The van der Waals surface area contributed by atoms with Gasteiger partial charge < -0.3 is 5.32 Å². The van der Waals surface area contributed by atoms with Crippen molar-refractivity contribution in [3.8, 4) is 0 Å². The van der Waals surface area contributed by atoms with Crippen LogP contribution in [0.2, 0.25) is 0 Å². The molecule has 1 heterocycles. The van der Waals surface area contributed by atoms with Crippen molar-refractivity contribution in [3.63, 3.8) is 0 Å². The number of aromatic nitrogens is 2. The van der Waals surface area contributed by atoms with E-state index in [1.807, 2.05) is 5.32 Å². The Morgan fingerprint density at radius 3 is 2.78 bits per heavy atom. The van der Waals surface area contributed by atoms with Gasteiger partial charge in [-0.25, -0.2) is 9.78 Å². The zero-order valence-corrected chi connectivity index (χ0v) is 12.1. The summed E-state index contributed by atoms with van der Waals surface area (Å²) in [7, 11) is 0. The monoisotopic (exact) mass is 319 g/mol. The molecule has 0 aliphatic heterocycles. The third-order valence-electron chi connectivity index (χ3n) is 2.92. The summed E-state index contributed by atoms with van der Waals surface area (Å²) in [4.78, 5) is 49.3. The van der Waals surface area contributed by atoms with Crippen LogP contribution in [0, 0.1) is 10.1 Å². The highest BCUT2D eigenvalue weighted by Crippen LogP contribution is 2.16. The standard InChI is InChI=1S/C13H13N5O5/c1-2-14-13(21)16-11(19)6-17-7-15-10-4-3-8(18(22)23)5-9(10)12(17)20/h3-5,7H,2,6H2,1H3,(H2,14,16,19,21). The number of imide groups is 1. The van der Waals surface area contributed by atoms with E-state index < -0.39 is 29.0 Å². The largest absolute Gasteiger partial charge is 0.338 e. The number of nitrogens with zero attached hydrogens (tertiary/aromatic N) is 3. The van der Waals surface area contributed by atoms with E-state index in [1.54, 1.807) is 6.92 Å². The first-order valence-electron chi connectivity index (χ1n) is 6.63. The molecule has 23 heavy (non-hydrogen) atoms. The molecule has 0 bridgehead atoms. The van der Waals surface area contributed by atoms with E-state index in [0.29, 0.717) is 6.54 Å². The molecule has 120 valence electrons. The van der Waals surface area contributed by atoms with Gasteiger partial charge in [-0.3, -0.25) is 29.6 Å². The Kier molecular flexibility index (Phi) is 4.64. The van der Waals surface area contributed by atoms with E-state index in [9.17, 15) is 24.5 Å². The van der Waals surface area contributed by atoms with Gasteiger partial charge in [0.25, 0.3) is 11.2 Å². The summed E-state index contributed by atoms with van der Waals surface area (Å²) in [5.74, 6) is -0.704. The molecule has 0 saturated heterocycles. The van der Waals surface area contributed by atoms with E-state index in [0.717, 1.165) is 17.0 Å². The third-order valence-corrected chi connectivity index (χ3v) is 2.92. The van der Waals surface area contributed by atoms with Crippen molar-refractivity contribution in [3.05, 3.63) is 45.0 Å². The minimum atomic E-state index is -0.704. The second-order valence-corrected chi connectivity index (χ2v) is 4.54. The molecule has 1 aromatic heterocycles. The molecule has 0 unspecified atom stereocenters. The predicted octanol–water partition coefficient (Wildman–Crippen LogP) is 0.150. The first-order chi connectivity index (χ1) is 10.9. The Balaban J connectivity index is 2.29. The average molecular weight is 319 g/mol. The summed E-state index contributed by atoms with van der Waals surface area (Å²) in [6.45, 7) is 1.61. The maximum atomic E-state index is 12.3. The number of hydrogen-bond acceptors (Lipinski definition) is 6. The zero-order valence-electron chi connectivity index (χ0n) is 12.1. The minimum Gasteiger partial charge on any atom is -0.338 e. The lowest BCUT2D eigenvalue weighted by molar-refractivity contribution is -0.384. The van der Waals surface area contributed by atoms with Crippen LogP contribution in [-0.4, -0.2) is 33.0 Å². The molecule has 0 radical (unpaired) electrons. The third kappa shape index (κ3) is 3.67. The molecule has 0 saturated carbocycles. The molecule has 0 aliphatic rings. The molecule has 0 aliphatic carbocycles. The van der Waals surface area contributed by atoms with Gasteiger partial charge in [0.2, 0.25) is 5.91 Å². The predicted molar refractivity (Wildman–Crippen MR) is 79.9 cm³/mol. The molecule has 0 atom stereocenters. The van der Waals surface area contributed by atoms with Gasteiger partial charge in [-0.15, -0.1) is 0 Å². The van der Waals surface area contributed by atoms with Gasteiger partial charge in [0.05, 0.1) is 22.2 Å². The Bertz CT molecular complexity index is 844. The van der Waals surface area contributed by atoms with Gasteiger partial charge in [0.1, 0.15) is 6.54 Å². The highest BCUT2D eigenvalue weighted by atomic mass is 16.6. The number of fused-ring (bicyclic) bond motifs is 1. The van der Waals surface area contributed by atoms with Crippen LogP contribution in [0.3, 0.4) is 0 Å². The van der Waals surface area contributed by atoms with Gasteiger partial charge in [-0.05, 0) is 13.0 Å². The number of nitrogens with one attached hydrogen (secondary N) is 2. The van der Waals surface area contributed by atoms with Crippen LogP contribution in [0.1, 0.15) is 6.92 Å². The lowest BCUT2D eigenvalue weighted by atomic mass is 10.2. The topological polar surface area (TPSA) is 136 Å². The number of hydrogen-bond donors (Lipinski definition) is 2. The van der Waals surface area contributed by atoms with Crippen LogP contribution in [0.15, 0.2) is 29.3 Å².